The van der Waals surface area contributed by atoms with E-state index in [1.807, 2.05) is 6.07 Å². The molecule has 2 fully saturated rings. The first kappa shape index (κ1) is 14.5. The number of piperidine rings is 1. The molecule has 2 aliphatic heterocycles. The van der Waals surface area contributed by atoms with Crippen molar-refractivity contribution in [1.29, 1.82) is 5.26 Å². The molecule has 6 heteroatoms. The van der Waals surface area contributed by atoms with Gasteiger partial charge < -0.3 is 5.32 Å². The van der Waals surface area contributed by atoms with E-state index in [2.05, 4.69) is 5.32 Å². The molecule has 0 radical (unpaired) electrons. The molecule has 2 aliphatic rings. The molecule has 0 spiro atoms. The van der Waals surface area contributed by atoms with Gasteiger partial charge in [-0.05, 0) is 49.0 Å². The van der Waals surface area contributed by atoms with Crippen molar-refractivity contribution in [2.45, 2.75) is 12.2 Å². The van der Waals surface area contributed by atoms with Gasteiger partial charge in [0.2, 0.25) is 10.0 Å². The zero-order valence-electron chi connectivity index (χ0n) is 11.8. The molecule has 0 aromatic heterocycles. The number of sulfonamides is 1. The molecule has 1 N–H and O–H groups in total. The number of fused-ring (bicyclic) bond motifs is 1. The summed E-state index contributed by atoms with van der Waals surface area (Å²) in [7, 11) is -3.30. The first-order valence-electron chi connectivity index (χ1n) is 7.26. The smallest absolute Gasteiger partial charge is 0.218 e. The molecule has 5 nitrogen and oxygen atoms in total. The monoisotopic (exact) mass is 305 g/mol. The average Bonchev–Trinajstić information content (AvgIpc) is 2.94. The molecule has 112 valence electrons. The van der Waals surface area contributed by atoms with Gasteiger partial charge in [-0.3, -0.25) is 0 Å². The fourth-order valence-electron chi connectivity index (χ4n) is 3.29. The fraction of sp³-hybridized carbons (Fsp3) is 0.533. The molecule has 2 unspecified atom stereocenters. The lowest BCUT2D eigenvalue weighted by molar-refractivity contribution is 0.227. The average molecular weight is 305 g/mol. The van der Waals surface area contributed by atoms with E-state index in [0.717, 1.165) is 19.5 Å². The summed E-state index contributed by atoms with van der Waals surface area (Å²) in [4.78, 5) is 0. The van der Waals surface area contributed by atoms with Gasteiger partial charge in [0.05, 0.1) is 17.4 Å². The molecular formula is C15H19N3O2S. The van der Waals surface area contributed by atoms with E-state index in [-0.39, 0.29) is 5.75 Å². The summed E-state index contributed by atoms with van der Waals surface area (Å²) in [5.41, 5.74) is 1.18. The second kappa shape index (κ2) is 5.76. The van der Waals surface area contributed by atoms with Crippen LogP contribution in [0.5, 0.6) is 0 Å². The van der Waals surface area contributed by atoms with Crippen LogP contribution in [0.4, 0.5) is 0 Å². The lowest BCUT2D eigenvalue weighted by Gasteiger charge is -2.33. The van der Waals surface area contributed by atoms with Crippen LogP contribution >= 0.6 is 0 Å². The van der Waals surface area contributed by atoms with Crippen LogP contribution in [0, 0.1) is 23.2 Å². The van der Waals surface area contributed by atoms with Crippen molar-refractivity contribution in [1.82, 2.24) is 9.62 Å². The standard InChI is InChI=1S/C15H19N3O2S/c16-7-12-2-1-3-13(6-12)11-21(19,20)18-5-4-14-8-17-9-15(14)10-18/h1-3,6,14-15,17H,4-5,8-11H2. The van der Waals surface area contributed by atoms with E-state index < -0.39 is 10.0 Å². The number of nitrogens with one attached hydrogen (secondary N) is 1. The lowest BCUT2D eigenvalue weighted by atomic mass is 9.90. The van der Waals surface area contributed by atoms with Crippen LogP contribution in [0.2, 0.25) is 0 Å². The Balaban J connectivity index is 1.73. The lowest BCUT2D eigenvalue weighted by Crippen LogP contribution is -2.43. The summed E-state index contributed by atoms with van der Waals surface area (Å²) in [6, 6.07) is 8.89. The highest BCUT2D eigenvalue weighted by Gasteiger charge is 2.37. The predicted octanol–water partition coefficient (Wildman–Crippen LogP) is 0.929. The fourth-order valence-corrected chi connectivity index (χ4v) is 4.87. The van der Waals surface area contributed by atoms with Gasteiger partial charge in [-0.15, -0.1) is 0 Å². The van der Waals surface area contributed by atoms with Crippen molar-refractivity contribution in [2.24, 2.45) is 11.8 Å². The van der Waals surface area contributed by atoms with E-state index in [1.165, 1.54) is 0 Å². The highest BCUT2D eigenvalue weighted by Crippen LogP contribution is 2.28. The summed E-state index contributed by atoms with van der Waals surface area (Å²) in [5.74, 6) is 1.05. The first-order valence-corrected chi connectivity index (χ1v) is 8.87. The summed E-state index contributed by atoms with van der Waals surface area (Å²) in [5, 5.41) is 12.2. The minimum atomic E-state index is -3.30. The van der Waals surface area contributed by atoms with Crippen molar-refractivity contribution < 1.29 is 8.42 Å². The van der Waals surface area contributed by atoms with E-state index >= 15 is 0 Å². The van der Waals surface area contributed by atoms with Gasteiger partial charge in [-0.25, -0.2) is 12.7 Å². The minimum absolute atomic E-state index is 0.0205. The van der Waals surface area contributed by atoms with Crippen LogP contribution < -0.4 is 5.32 Å². The molecule has 3 rings (SSSR count). The zero-order valence-corrected chi connectivity index (χ0v) is 12.6. The van der Waals surface area contributed by atoms with Gasteiger partial charge in [0.1, 0.15) is 0 Å². The SMILES string of the molecule is N#Cc1cccc(CS(=O)(=O)N2CCC3CNCC3C2)c1. The van der Waals surface area contributed by atoms with Crippen molar-refractivity contribution in [3.05, 3.63) is 35.4 Å². The Morgan fingerprint density at radius 2 is 2.14 bits per heavy atom. The molecular weight excluding hydrogens is 286 g/mol. The highest BCUT2D eigenvalue weighted by molar-refractivity contribution is 7.88. The van der Waals surface area contributed by atoms with Crippen LogP contribution in [0.15, 0.2) is 24.3 Å². The first-order chi connectivity index (χ1) is 10.1. The molecule has 21 heavy (non-hydrogen) atoms. The summed E-state index contributed by atoms with van der Waals surface area (Å²) < 4.78 is 26.8. The number of benzene rings is 1. The largest absolute Gasteiger partial charge is 0.316 e. The number of nitriles is 1. The number of hydrogen-bond donors (Lipinski definition) is 1. The Morgan fingerprint density at radius 1 is 1.33 bits per heavy atom. The van der Waals surface area contributed by atoms with E-state index in [9.17, 15) is 8.42 Å². The Morgan fingerprint density at radius 3 is 2.95 bits per heavy atom. The zero-order chi connectivity index (χ0) is 14.9. The van der Waals surface area contributed by atoms with E-state index in [4.69, 9.17) is 5.26 Å². The third-order valence-corrected chi connectivity index (χ3v) is 6.28. The van der Waals surface area contributed by atoms with Crippen LogP contribution in [0.3, 0.4) is 0 Å². The van der Waals surface area contributed by atoms with Gasteiger partial charge in [0.25, 0.3) is 0 Å². The minimum Gasteiger partial charge on any atom is -0.316 e. The third-order valence-electron chi connectivity index (χ3n) is 4.47. The van der Waals surface area contributed by atoms with Gasteiger partial charge in [0, 0.05) is 13.1 Å². The Hall–Kier alpha value is -1.42. The molecule has 0 amide bonds. The van der Waals surface area contributed by atoms with Crippen molar-refractivity contribution in [3.8, 4) is 6.07 Å². The number of rotatable bonds is 3. The number of nitrogens with zero attached hydrogens (tertiary/aromatic N) is 2. The molecule has 1 aromatic carbocycles. The van der Waals surface area contributed by atoms with E-state index in [0.29, 0.717) is 36.1 Å². The Kier molecular flexibility index (Phi) is 3.98. The third kappa shape index (κ3) is 3.10. The van der Waals surface area contributed by atoms with Crippen LogP contribution in [0.1, 0.15) is 17.5 Å². The maximum Gasteiger partial charge on any atom is 0.218 e. The van der Waals surface area contributed by atoms with E-state index in [1.54, 1.807) is 28.6 Å². The molecule has 0 bridgehead atoms. The summed E-state index contributed by atoms with van der Waals surface area (Å²) in [6.07, 6.45) is 0.940. The van der Waals surface area contributed by atoms with Crippen molar-refractivity contribution in [2.75, 3.05) is 26.2 Å². The number of hydrogen-bond acceptors (Lipinski definition) is 4. The van der Waals surface area contributed by atoms with Crippen LogP contribution in [-0.2, 0) is 15.8 Å². The maximum absolute atomic E-state index is 12.6. The second-order valence-electron chi connectivity index (χ2n) is 5.89. The Bertz CT molecular complexity index is 666. The summed E-state index contributed by atoms with van der Waals surface area (Å²) >= 11 is 0. The molecule has 2 atom stereocenters. The molecule has 0 aliphatic carbocycles. The van der Waals surface area contributed by atoms with Crippen molar-refractivity contribution in [3.63, 3.8) is 0 Å². The summed E-state index contributed by atoms with van der Waals surface area (Å²) in [6.45, 7) is 3.17. The predicted molar refractivity (Wildman–Crippen MR) is 79.8 cm³/mol. The molecule has 1 aromatic rings. The Labute approximate surface area is 125 Å². The molecule has 2 saturated heterocycles. The molecule has 2 heterocycles. The van der Waals surface area contributed by atoms with Crippen LogP contribution in [-0.4, -0.2) is 38.9 Å². The second-order valence-corrected chi connectivity index (χ2v) is 7.86. The van der Waals surface area contributed by atoms with Gasteiger partial charge >= 0.3 is 0 Å². The molecule has 0 saturated carbocycles. The maximum atomic E-state index is 12.6. The van der Waals surface area contributed by atoms with Crippen LogP contribution in [0.25, 0.3) is 0 Å². The van der Waals surface area contributed by atoms with Gasteiger partial charge in [-0.2, -0.15) is 5.26 Å². The normalized spacial score (nSPS) is 26.2. The highest BCUT2D eigenvalue weighted by atomic mass is 32.2. The van der Waals surface area contributed by atoms with Crippen molar-refractivity contribution >= 4 is 10.0 Å². The van der Waals surface area contributed by atoms with Gasteiger partial charge in [0.15, 0.2) is 0 Å². The quantitative estimate of drug-likeness (QED) is 0.901. The van der Waals surface area contributed by atoms with Gasteiger partial charge in [-0.1, -0.05) is 12.1 Å². The topological polar surface area (TPSA) is 73.2 Å².